The van der Waals surface area contributed by atoms with Crippen LogP contribution >= 0.6 is 0 Å². The molecule has 0 aliphatic heterocycles. The van der Waals surface area contributed by atoms with Gasteiger partial charge in [-0.3, -0.25) is 0 Å². The highest BCUT2D eigenvalue weighted by Gasteiger charge is 2.54. The van der Waals surface area contributed by atoms with Gasteiger partial charge in [-0.05, 0) is 90.3 Å². The van der Waals surface area contributed by atoms with Crippen LogP contribution in [0.5, 0.6) is 0 Å². The van der Waals surface area contributed by atoms with Crippen LogP contribution in [0, 0.1) is 64.6 Å². The molecule has 33 heavy (non-hydrogen) atoms. The molecule has 0 spiro atoms. The zero-order valence-corrected chi connectivity index (χ0v) is 24.4. The molecule has 2 aliphatic rings. The van der Waals surface area contributed by atoms with Crippen molar-refractivity contribution >= 4 is 6.21 Å². The Labute approximate surface area is 209 Å². The molecule has 2 rings (SSSR count). The van der Waals surface area contributed by atoms with Gasteiger partial charge < -0.3 is 4.99 Å². The Bertz CT molecular complexity index is 581. The van der Waals surface area contributed by atoms with Gasteiger partial charge in [-0.2, -0.15) is 0 Å². The van der Waals surface area contributed by atoms with Crippen LogP contribution in [0.2, 0.25) is 0 Å². The molecule has 0 aromatic carbocycles. The summed E-state index contributed by atoms with van der Waals surface area (Å²) in [5.74, 6) is 8.46. The molecule has 0 saturated heterocycles. The second kappa shape index (κ2) is 13.1. The highest BCUT2D eigenvalue weighted by Crippen LogP contribution is 2.61. The van der Waals surface area contributed by atoms with Gasteiger partial charge in [0.15, 0.2) is 0 Å². The minimum absolute atomic E-state index is 0.478. The third-order valence-corrected chi connectivity index (χ3v) is 11.2. The van der Waals surface area contributed by atoms with E-state index in [-0.39, 0.29) is 0 Å². The van der Waals surface area contributed by atoms with Crippen molar-refractivity contribution in [2.24, 2.45) is 69.6 Å². The maximum Gasteiger partial charge on any atom is 0.0273 e. The van der Waals surface area contributed by atoms with Gasteiger partial charge in [0, 0.05) is 13.3 Å². The van der Waals surface area contributed by atoms with Crippen LogP contribution in [0.15, 0.2) is 4.99 Å². The average Bonchev–Trinajstić information content (AvgIpc) is 2.77. The lowest BCUT2D eigenvalue weighted by atomic mass is 9.46. The highest BCUT2D eigenvalue weighted by molar-refractivity contribution is 5.60. The molecule has 0 radical (unpaired) electrons. The van der Waals surface area contributed by atoms with Crippen LogP contribution in [0.25, 0.3) is 0 Å². The summed E-state index contributed by atoms with van der Waals surface area (Å²) in [7, 11) is 1.95. The predicted molar refractivity (Wildman–Crippen MR) is 149 cm³/mol. The van der Waals surface area contributed by atoms with Crippen LogP contribution in [-0.4, -0.2) is 13.3 Å². The van der Waals surface area contributed by atoms with Gasteiger partial charge >= 0.3 is 0 Å². The van der Waals surface area contributed by atoms with E-state index in [0.29, 0.717) is 11.3 Å². The molecule has 0 aromatic rings. The molecule has 2 aliphatic carbocycles. The van der Waals surface area contributed by atoms with Crippen LogP contribution in [0.3, 0.4) is 0 Å². The van der Waals surface area contributed by atoms with Crippen molar-refractivity contribution in [1.29, 1.82) is 0 Å². The van der Waals surface area contributed by atoms with Crippen molar-refractivity contribution < 1.29 is 0 Å². The van der Waals surface area contributed by atoms with E-state index in [1.54, 1.807) is 0 Å². The minimum Gasteiger partial charge on any atom is -0.301 e. The number of hydrogen-bond donors (Lipinski definition) is 0. The lowest BCUT2D eigenvalue weighted by Crippen LogP contribution is -2.52. The van der Waals surface area contributed by atoms with E-state index in [9.17, 15) is 0 Å². The molecular weight excluding hydrogens is 398 g/mol. The van der Waals surface area contributed by atoms with Crippen molar-refractivity contribution in [3.05, 3.63) is 0 Å². The number of nitrogens with zero attached hydrogens (tertiary/aromatic N) is 1. The SMILES string of the molecule is CCCC(C)C(C)(C1CCCC(C)C1)C(C[C@@H](C)[C@H](CC)[C@@H](C)/C=N/C)[C@@H]1C(CC)C[C@@H]1C. The molecule has 0 aromatic heterocycles. The molecule has 6 unspecified atom stereocenters. The Kier molecular flexibility index (Phi) is 11.5. The first kappa shape index (κ1) is 28.9. The van der Waals surface area contributed by atoms with E-state index in [0.717, 1.165) is 53.3 Å². The van der Waals surface area contributed by atoms with Crippen molar-refractivity contribution in [2.75, 3.05) is 7.05 Å². The molecule has 194 valence electrons. The van der Waals surface area contributed by atoms with E-state index in [4.69, 9.17) is 0 Å². The Morgan fingerprint density at radius 2 is 1.73 bits per heavy atom. The first-order valence-electron chi connectivity index (χ1n) is 15.1. The van der Waals surface area contributed by atoms with Crippen LogP contribution < -0.4 is 0 Å². The van der Waals surface area contributed by atoms with Crippen molar-refractivity contribution in [1.82, 2.24) is 0 Å². The normalized spacial score (nSPS) is 34.8. The summed E-state index contributed by atoms with van der Waals surface area (Å²) in [5.41, 5.74) is 0.478. The molecule has 1 heteroatoms. The Balaban J connectivity index is 2.47. The van der Waals surface area contributed by atoms with Crippen molar-refractivity contribution in [3.63, 3.8) is 0 Å². The molecule has 2 fully saturated rings. The molecule has 2 saturated carbocycles. The number of rotatable bonds is 13. The maximum absolute atomic E-state index is 4.42. The number of hydrogen-bond acceptors (Lipinski definition) is 1. The fraction of sp³-hybridized carbons (Fsp3) is 0.969. The van der Waals surface area contributed by atoms with Gasteiger partial charge in [-0.25, -0.2) is 0 Å². The summed E-state index contributed by atoms with van der Waals surface area (Å²) < 4.78 is 0. The highest BCUT2D eigenvalue weighted by atomic mass is 14.6. The third-order valence-electron chi connectivity index (χ3n) is 11.2. The number of aliphatic imine (C=N–C) groups is 1. The Morgan fingerprint density at radius 3 is 2.24 bits per heavy atom. The van der Waals surface area contributed by atoms with Gasteiger partial charge in [-0.15, -0.1) is 0 Å². The lowest BCUT2D eigenvalue weighted by Gasteiger charge is -2.59. The zero-order chi connectivity index (χ0) is 24.8. The van der Waals surface area contributed by atoms with E-state index < -0.39 is 0 Å². The van der Waals surface area contributed by atoms with E-state index >= 15 is 0 Å². The smallest absolute Gasteiger partial charge is 0.0273 e. The molecule has 11 atom stereocenters. The summed E-state index contributed by atoms with van der Waals surface area (Å²) in [6.45, 7) is 22.9. The monoisotopic (exact) mass is 459 g/mol. The summed E-state index contributed by atoms with van der Waals surface area (Å²) in [5, 5.41) is 0. The fourth-order valence-electron chi connectivity index (χ4n) is 9.08. The summed E-state index contributed by atoms with van der Waals surface area (Å²) in [6.07, 6.45) is 16.4. The van der Waals surface area contributed by atoms with E-state index in [1.807, 2.05) is 7.05 Å². The van der Waals surface area contributed by atoms with Crippen molar-refractivity contribution in [2.45, 2.75) is 127 Å². The fourth-order valence-corrected chi connectivity index (χ4v) is 9.08. The molecule has 0 N–H and O–H groups in total. The first-order valence-corrected chi connectivity index (χ1v) is 15.1. The maximum atomic E-state index is 4.42. The quantitative estimate of drug-likeness (QED) is 0.243. The molecule has 0 heterocycles. The van der Waals surface area contributed by atoms with Crippen LogP contribution in [-0.2, 0) is 0 Å². The molecular formula is C32H61N. The molecule has 0 bridgehead atoms. The molecule has 1 nitrogen and oxygen atoms in total. The third kappa shape index (κ3) is 6.46. The van der Waals surface area contributed by atoms with Crippen molar-refractivity contribution in [3.8, 4) is 0 Å². The van der Waals surface area contributed by atoms with Crippen LogP contribution in [0.1, 0.15) is 127 Å². The van der Waals surface area contributed by atoms with Gasteiger partial charge in [0.2, 0.25) is 0 Å². The average molecular weight is 460 g/mol. The lowest BCUT2D eigenvalue weighted by molar-refractivity contribution is -0.106. The zero-order valence-electron chi connectivity index (χ0n) is 24.4. The van der Waals surface area contributed by atoms with E-state index in [2.05, 4.69) is 73.5 Å². The summed E-state index contributed by atoms with van der Waals surface area (Å²) >= 11 is 0. The minimum atomic E-state index is 0.478. The Morgan fingerprint density at radius 1 is 1.03 bits per heavy atom. The predicted octanol–water partition coefficient (Wildman–Crippen LogP) is 9.94. The summed E-state index contributed by atoms with van der Waals surface area (Å²) in [4.78, 5) is 4.42. The van der Waals surface area contributed by atoms with Gasteiger partial charge in [0.05, 0.1) is 0 Å². The van der Waals surface area contributed by atoms with Gasteiger partial charge in [-0.1, -0.05) is 101 Å². The Hall–Kier alpha value is -0.330. The van der Waals surface area contributed by atoms with E-state index in [1.165, 1.54) is 64.2 Å². The van der Waals surface area contributed by atoms with Gasteiger partial charge in [0.25, 0.3) is 0 Å². The molecule has 0 amide bonds. The standard InChI is InChI=1S/C32H61N/c1-11-15-26(8)32(9,28-17-14-16-22(4)18-28)30(31-24(6)19-27(31)12-2)20-23(5)29(13-3)25(7)21-33-10/h21-31H,11-20H2,1-10H3/b33-21+/t22?,23-,24+,25+,26?,27?,28?,29+,30?,31+,32?/m1/s1. The first-order chi connectivity index (χ1) is 15.6. The van der Waals surface area contributed by atoms with Crippen LogP contribution in [0.4, 0.5) is 0 Å². The second-order valence-corrected chi connectivity index (χ2v) is 13.1. The summed E-state index contributed by atoms with van der Waals surface area (Å²) in [6, 6.07) is 0. The largest absolute Gasteiger partial charge is 0.301 e. The van der Waals surface area contributed by atoms with Gasteiger partial charge in [0.1, 0.15) is 0 Å². The topological polar surface area (TPSA) is 12.4 Å². The second-order valence-electron chi connectivity index (χ2n) is 13.1.